The predicted molar refractivity (Wildman–Crippen MR) is 194 cm³/mol. The highest BCUT2D eigenvalue weighted by molar-refractivity contribution is 7.07. The first kappa shape index (κ1) is 35.7. The highest BCUT2D eigenvalue weighted by Gasteiger charge is 2.34. The number of para-hydroxylation sites is 1. The lowest BCUT2D eigenvalue weighted by Gasteiger charge is -2.25. The molecule has 5 aromatic rings. The molecule has 1 aliphatic heterocycles. The van der Waals surface area contributed by atoms with E-state index in [2.05, 4.69) is 4.99 Å². The van der Waals surface area contributed by atoms with Crippen LogP contribution in [0.5, 0.6) is 5.75 Å². The van der Waals surface area contributed by atoms with Crippen LogP contribution in [-0.2, 0) is 14.3 Å². The molecule has 0 saturated carbocycles. The van der Waals surface area contributed by atoms with Crippen molar-refractivity contribution in [3.63, 3.8) is 0 Å². The second kappa shape index (κ2) is 15.0. The zero-order chi connectivity index (χ0) is 37.1. The maximum absolute atomic E-state index is 14.4. The minimum Gasteiger partial charge on any atom is -0.487 e. The monoisotopic (exact) mass is 721 g/mol. The summed E-state index contributed by atoms with van der Waals surface area (Å²) in [6.07, 6.45) is 3.41. The van der Waals surface area contributed by atoms with Gasteiger partial charge in [-0.25, -0.2) is 19.3 Å². The number of nitrogens with zero attached hydrogens (tertiary/aromatic N) is 5. The normalized spacial score (nSPS) is 14.2. The van der Waals surface area contributed by atoms with Crippen molar-refractivity contribution in [1.29, 1.82) is 0 Å². The number of hydrogen-bond acceptors (Lipinski definition) is 11. The smallest absolute Gasteiger partial charge is 0.338 e. The number of esters is 2. The highest BCUT2D eigenvalue weighted by atomic mass is 32.1. The van der Waals surface area contributed by atoms with E-state index in [-0.39, 0.29) is 40.7 Å². The molecule has 0 spiro atoms. The van der Waals surface area contributed by atoms with Crippen LogP contribution in [0.3, 0.4) is 0 Å². The van der Waals surface area contributed by atoms with Crippen molar-refractivity contribution in [2.75, 3.05) is 20.3 Å². The molecule has 6 rings (SSSR count). The average molecular weight is 722 g/mol. The van der Waals surface area contributed by atoms with Gasteiger partial charge in [0.25, 0.3) is 5.56 Å². The zero-order valence-electron chi connectivity index (χ0n) is 29.1. The number of hydrogen-bond donors (Lipinski definition) is 0. The van der Waals surface area contributed by atoms with E-state index in [9.17, 15) is 24.5 Å². The fourth-order valence-corrected chi connectivity index (χ4v) is 6.83. The van der Waals surface area contributed by atoms with E-state index < -0.39 is 28.5 Å². The van der Waals surface area contributed by atoms with Gasteiger partial charge in [-0.1, -0.05) is 55.5 Å². The van der Waals surface area contributed by atoms with E-state index in [1.807, 2.05) is 44.2 Å². The molecule has 1 unspecified atom stereocenters. The number of thiazole rings is 1. The molecule has 3 heterocycles. The summed E-state index contributed by atoms with van der Waals surface area (Å²) in [5, 5.41) is 16.8. The largest absolute Gasteiger partial charge is 0.487 e. The Morgan fingerprint density at radius 2 is 1.79 bits per heavy atom. The second-order valence-corrected chi connectivity index (χ2v) is 13.3. The van der Waals surface area contributed by atoms with E-state index >= 15 is 0 Å². The molecule has 13 nitrogen and oxygen atoms in total. The molecule has 0 N–H and O–H groups in total. The molecule has 14 heteroatoms. The van der Waals surface area contributed by atoms with Gasteiger partial charge in [0.05, 0.1) is 58.3 Å². The van der Waals surface area contributed by atoms with Crippen molar-refractivity contribution in [3.8, 4) is 22.7 Å². The molecule has 52 heavy (non-hydrogen) atoms. The number of fused-ring (bicyclic) bond motifs is 1. The van der Waals surface area contributed by atoms with Gasteiger partial charge in [-0.15, -0.1) is 0 Å². The lowest BCUT2D eigenvalue weighted by atomic mass is 9.95. The Morgan fingerprint density at radius 1 is 1.06 bits per heavy atom. The summed E-state index contributed by atoms with van der Waals surface area (Å²) < 4.78 is 19.4. The summed E-state index contributed by atoms with van der Waals surface area (Å²) in [6.45, 7) is 7.71. The number of carbonyl (C=O) groups is 2. The maximum atomic E-state index is 14.4. The van der Waals surface area contributed by atoms with E-state index in [0.29, 0.717) is 38.4 Å². The molecule has 1 aliphatic rings. The summed E-state index contributed by atoms with van der Waals surface area (Å²) in [7, 11) is 1.29. The van der Waals surface area contributed by atoms with E-state index in [1.165, 1.54) is 23.8 Å². The fraction of sp³-hybridized carbons (Fsp3) is 0.237. The van der Waals surface area contributed by atoms with Gasteiger partial charge >= 0.3 is 17.6 Å². The van der Waals surface area contributed by atoms with Crippen LogP contribution in [0.2, 0.25) is 0 Å². The number of methoxy groups -OCH3 is 1. The number of rotatable bonds is 11. The van der Waals surface area contributed by atoms with E-state index in [4.69, 9.17) is 19.3 Å². The fourth-order valence-electron chi connectivity index (χ4n) is 5.79. The first-order valence-electron chi connectivity index (χ1n) is 16.4. The SMILES string of the molecule is CCOc1ccc(-c2nn(-c3ccccc3)cc2C=c2sc3n(c2=O)C(c2ccc(C(=O)OC)cc2)C(C(=O)OCC(C)C)=C(C)N=3)cc1[N+](=O)[O-]. The van der Waals surface area contributed by atoms with Crippen LogP contribution in [0.25, 0.3) is 23.0 Å². The topological polar surface area (TPSA) is 157 Å². The molecule has 0 bridgehead atoms. The van der Waals surface area contributed by atoms with Gasteiger partial charge in [-0.05, 0) is 67.8 Å². The number of nitro benzene ring substituents is 1. The van der Waals surface area contributed by atoms with Crippen LogP contribution in [0.4, 0.5) is 5.69 Å². The molecule has 266 valence electrons. The van der Waals surface area contributed by atoms with Crippen molar-refractivity contribution in [2.45, 2.75) is 33.7 Å². The predicted octanol–water partition coefficient (Wildman–Crippen LogP) is 5.38. The molecular formula is C38H35N5O8S. The van der Waals surface area contributed by atoms with Crippen LogP contribution >= 0.6 is 11.3 Å². The van der Waals surface area contributed by atoms with Crippen LogP contribution < -0.4 is 19.6 Å². The van der Waals surface area contributed by atoms with Crippen molar-refractivity contribution in [3.05, 3.63) is 137 Å². The molecule has 0 fully saturated rings. The van der Waals surface area contributed by atoms with Crippen molar-refractivity contribution < 1.29 is 28.7 Å². The third-order valence-corrected chi connectivity index (χ3v) is 9.20. The van der Waals surface area contributed by atoms with Gasteiger partial charge in [-0.2, -0.15) is 5.10 Å². The first-order valence-corrected chi connectivity index (χ1v) is 17.3. The van der Waals surface area contributed by atoms with Gasteiger partial charge in [0.1, 0.15) is 5.69 Å². The van der Waals surface area contributed by atoms with Crippen LogP contribution in [0, 0.1) is 16.0 Å². The molecule has 0 saturated heterocycles. The Labute approximate surface area is 301 Å². The van der Waals surface area contributed by atoms with Crippen LogP contribution in [-0.4, -0.2) is 51.5 Å². The summed E-state index contributed by atoms with van der Waals surface area (Å²) >= 11 is 1.13. The Balaban J connectivity index is 1.54. The number of allylic oxidation sites excluding steroid dienone is 1. The Hall–Kier alpha value is -6.15. The third kappa shape index (κ3) is 7.05. The van der Waals surface area contributed by atoms with Gasteiger partial charge in [0.15, 0.2) is 10.6 Å². The molecule has 0 amide bonds. The number of nitro groups is 1. The number of aromatic nitrogens is 3. The summed E-state index contributed by atoms with van der Waals surface area (Å²) in [5.41, 5.74) is 2.90. The van der Waals surface area contributed by atoms with E-state index in [1.54, 1.807) is 61.1 Å². The summed E-state index contributed by atoms with van der Waals surface area (Å²) in [6, 6.07) is 19.5. The minimum absolute atomic E-state index is 0.0756. The molecule has 3 aromatic carbocycles. The second-order valence-electron chi connectivity index (χ2n) is 12.3. The Morgan fingerprint density at radius 3 is 2.44 bits per heavy atom. The quantitative estimate of drug-likeness (QED) is 0.0993. The van der Waals surface area contributed by atoms with Crippen molar-refractivity contribution in [2.24, 2.45) is 10.9 Å². The standard InChI is InChI=1S/C38H35N5O8S/c1-6-50-30-17-16-26(18-29(30)43(47)48)33-27(20-41(40-33)28-10-8-7-9-11-28)19-31-35(44)42-34(24-12-14-25(15-13-24)36(45)49-5)32(23(4)39-38(42)52-31)37(46)51-21-22(2)3/h7-20,22,34H,6,21H2,1-5H3. The van der Waals surface area contributed by atoms with Gasteiger partial charge < -0.3 is 14.2 Å². The highest BCUT2D eigenvalue weighted by Crippen LogP contribution is 2.34. The number of ether oxygens (including phenoxy) is 3. The maximum Gasteiger partial charge on any atom is 0.338 e. The molecule has 0 aliphatic carbocycles. The minimum atomic E-state index is -0.912. The average Bonchev–Trinajstić information content (AvgIpc) is 3.70. The number of benzene rings is 3. The Kier molecular flexibility index (Phi) is 10.3. The lowest BCUT2D eigenvalue weighted by molar-refractivity contribution is -0.385. The Bertz CT molecular complexity index is 2390. The summed E-state index contributed by atoms with van der Waals surface area (Å²) in [5.74, 6) is -0.920. The first-order chi connectivity index (χ1) is 25.0. The van der Waals surface area contributed by atoms with Gasteiger partial charge in [0.2, 0.25) is 0 Å². The van der Waals surface area contributed by atoms with Crippen molar-refractivity contribution in [1.82, 2.24) is 14.3 Å². The molecule has 2 aromatic heterocycles. The van der Waals surface area contributed by atoms with E-state index in [0.717, 1.165) is 17.0 Å². The summed E-state index contributed by atoms with van der Waals surface area (Å²) in [4.78, 5) is 56.8. The lowest BCUT2D eigenvalue weighted by Crippen LogP contribution is -2.40. The van der Waals surface area contributed by atoms with Crippen LogP contribution in [0.15, 0.2) is 100 Å². The molecule has 1 atom stereocenters. The van der Waals surface area contributed by atoms with Gasteiger partial charge in [0, 0.05) is 23.4 Å². The zero-order valence-corrected chi connectivity index (χ0v) is 29.9. The molecule has 0 radical (unpaired) electrons. The van der Waals surface area contributed by atoms with Crippen molar-refractivity contribution >= 4 is 35.0 Å². The molecular weight excluding hydrogens is 687 g/mol. The van der Waals surface area contributed by atoms with Crippen LogP contribution in [0.1, 0.15) is 55.2 Å². The third-order valence-electron chi connectivity index (χ3n) is 8.22. The number of carbonyl (C=O) groups excluding carboxylic acids is 2. The van der Waals surface area contributed by atoms with Gasteiger partial charge in [-0.3, -0.25) is 19.5 Å².